The number of furan rings is 1. The Hall–Kier alpha value is -2.34. The summed E-state index contributed by atoms with van der Waals surface area (Å²) >= 11 is 5.73. The van der Waals surface area contributed by atoms with Crippen LogP contribution in [-0.2, 0) is 11.3 Å². The molecule has 7 heteroatoms. The van der Waals surface area contributed by atoms with E-state index in [2.05, 4.69) is 10.6 Å². The van der Waals surface area contributed by atoms with Gasteiger partial charge in [0.1, 0.15) is 17.6 Å². The molecule has 2 amide bonds. The van der Waals surface area contributed by atoms with Gasteiger partial charge in [-0.1, -0.05) is 11.6 Å². The van der Waals surface area contributed by atoms with E-state index in [1.165, 1.54) is 25.3 Å². The van der Waals surface area contributed by atoms with E-state index in [0.717, 1.165) is 6.07 Å². The van der Waals surface area contributed by atoms with Gasteiger partial charge in [0.15, 0.2) is 0 Å². The van der Waals surface area contributed by atoms with Crippen molar-refractivity contribution >= 4 is 23.4 Å². The molecule has 0 unspecified atom stereocenters. The molecule has 0 bridgehead atoms. The molecule has 1 heterocycles. The van der Waals surface area contributed by atoms with Crippen molar-refractivity contribution in [2.75, 3.05) is 0 Å². The summed E-state index contributed by atoms with van der Waals surface area (Å²) in [6.07, 6.45) is 1.49. The fourth-order valence-corrected chi connectivity index (χ4v) is 1.92. The van der Waals surface area contributed by atoms with E-state index in [-0.39, 0.29) is 17.1 Å². The van der Waals surface area contributed by atoms with E-state index in [4.69, 9.17) is 16.0 Å². The molecule has 0 aliphatic carbocycles. The molecule has 0 saturated heterocycles. The standard InChI is InChI=1S/C15H14ClFN2O3/c1-9(14(20)18-8-11-3-2-6-22-11)19-15(21)12-7-10(16)4-5-13(12)17/h2-7,9H,8H2,1H3,(H,18,20)(H,19,21)/t9-/m0/s1. The largest absolute Gasteiger partial charge is 0.467 e. The predicted molar refractivity (Wildman–Crippen MR) is 78.9 cm³/mol. The van der Waals surface area contributed by atoms with Crippen molar-refractivity contribution in [1.82, 2.24) is 10.6 Å². The van der Waals surface area contributed by atoms with Crippen molar-refractivity contribution < 1.29 is 18.4 Å². The molecule has 0 spiro atoms. The number of amides is 2. The van der Waals surface area contributed by atoms with Crippen molar-refractivity contribution in [3.8, 4) is 0 Å². The zero-order chi connectivity index (χ0) is 16.1. The second-order valence-electron chi connectivity index (χ2n) is 4.62. The highest BCUT2D eigenvalue weighted by atomic mass is 35.5. The maximum atomic E-state index is 13.6. The molecule has 0 aliphatic rings. The van der Waals surface area contributed by atoms with Gasteiger partial charge in [-0.15, -0.1) is 0 Å². The van der Waals surface area contributed by atoms with Gasteiger partial charge in [0, 0.05) is 5.02 Å². The fourth-order valence-electron chi connectivity index (χ4n) is 1.75. The van der Waals surface area contributed by atoms with Crippen molar-refractivity contribution in [3.05, 3.63) is 58.8 Å². The summed E-state index contributed by atoms with van der Waals surface area (Å²) in [5.74, 6) is -1.23. The van der Waals surface area contributed by atoms with Crippen LogP contribution in [0.3, 0.4) is 0 Å². The fraction of sp³-hybridized carbons (Fsp3) is 0.200. The van der Waals surface area contributed by atoms with Gasteiger partial charge < -0.3 is 15.1 Å². The number of carbonyl (C=O) groups excluding carboxylic acids is 2. The smallest absolute Gasteiger partial charge is 0.254 e. The molecular formula is C15H14ClFN2O3. The minimum absolute atomic E-state index is 0.206. The molecule has 1 atom stereocenters. The van der Waals surface area contributed by atoms with Crippen LogP contribution in [-0.4, -0.2) is 17.9 Å². The van der Waals surface area contributed by atoms with Crippen molar-refractivity contribution in [1.29, 1.82) is 0 Å². The average molecular weight is 325 g/mol. The Morgan fingerprint density at radius 2 is 2.14 bits per heavy atom. The SMILES string of the molecule is C[C@H](NC(=O)c1cc(Cl)ccc1F)C(=O)NCc1ccco1. The van der Waals surface area contributed by atoms with E-state index in [1.807, 2.05) is 0 Å². The number of hydrogen-bond donors (Lipinski definition) is 2. The number of hydrogen-bond acceptors (Lipinski definition) is 3. The van der Waals surface area contributed by atoms with Gasteiger partial charge in [-0.2, -0.15) is 0 Å². The van der Waals surface area contributed by atoms with Gasteiger partial charge in [-0.05, 0) is 37.3 Å². The zero-order valence-corrected chi connectivity index (χ0v) is 12.5. The molecule has 2 aromatic rings. The minimum atomic E-state index is -0.833. The summed E-state index contributed by atoms with van der Waals surface area (Å²) in [7, 11) is 0. The lowest BCUT2D eigenvalue weighted by Crippen LogP contribution is -2.44. The number of nitrogens with one attached hydrogen (secondary N) is 2. The Bertz CT molecular complexity index is 673. The van der Waals surface area contributed by atoms with Crippen LogP contribution in [0.4, 0.5) is 4.39 Å². The number of rotatable bonds is 5. The molecule has 0 radical (unpaired) electrons. The molecule has 1 aromatic carbocycles. The van der Waals surface area contributed by atoms with Crippen LogP contribution in [0.25, 0.3) is 0 Å². The molecule has 1 aromatic heterocycles. The second-order valence-corrected chi connectivity index (χ2v) is 5.05. The molecule has 0 saturated carbocycles. The van der Waals surface area contributed by atoms with E-state index < -0.39 is 23.7 Å². The lowest BCUT2D eigenvalue weighted by atomic mass is 10.2. The normalized spacial score (nSPS) is 11.8. The Kier molecular flexibility index (Phi) is 5.16. The van der Waals surface area contributed by atoms with Crippen LogP contribution in [0.2, 0.25) is 5.02 Å². The van der Waals surface area contributed by atoms with Gasteiger partial charge in [0.25, 0.3) is 5.91 Å². The lowest BCUT2D eigenvalue weighted by Gasteiger charge is -2.14. The predicted octanol–water partition coefficient (Wildman–Crippen LogP) is 2.51. The molecule has 116 valence electrons. The third-order valence-corrected chi connectivity index (χ3v) is 3.17. The van der Waals surface area contributed by atoms with Gasteiger partial charge in [-0.25, -0.2) is 4.39 Å². The maximum absolute atomic E-state index is 13.6. The highest BCUT2D eigenvalue weighted by Crippen LogP contribution is 2.14. The number of carbonyl (C=O) groups is 2. The van der Waals surface area contributed by atoms with E-state index in [0.29, 0.717) is 5.76 Å². The van der Waals surface area contributed by atoms with Gasteiger partial charge in [0.05, 0.1) is 18.4 Å². The molecule has 0 fully saturated rings. The van der Waals surface area contributed by atoms with Gasteiger partial charge in [0.2, 0.25) is 5.91 Å². The third-order valence-electron chi connectivity index (χ3n) is 2.93. The van der Waals surface area contributed by atoms with E-state index in [1.54, 1.807) is 12.1 Å². The zero-order valence-electron chi connectivity index (χ0n) is 11.7. The molecule has 2 rings (SSSR count). The van der Waals surface area contributed by atoms with Crippen LogP contribution in [0.15, 0.2) is 41.0 Å². The first-order chi connectivity index (χ1) is 10.5. The first-order valence-corrected chi connectivity index (χ1v) is 6.91. The molecule has 5 nitrogen and oxygen atoms in total. The summed E-state index contributed by atoms with van der Waals surface area (Å²) in [6, 6.07) is 6.23. The average Bonchev–Trinajstić information content (AvgIpc) is 3.00. The molecular weight excluding hydrogens is 311 g/mol. The van der Waals surface area contributed by atoms with Crippen LogP contribution in [0, 0.1) is 5.82 Å². The first kappa shape index (κ1) is 16.0. The Morgan fingerprint density at radius 1 is 1.36 bits per heavy atom. The van der Waals surface area contributed by atoms with Crippen LogP contribution < -0.4 is 10.6 Å². The van der Waals surface area contributed by atoms with Gasteiger partial charge >= 0.3 is 0 Å². The summed E-state index contributed by atoms with van der Waals surface area (Å²) in [4.78, 5) is 23.8. The highest BCUT2D eigenvalue weighted by molar-refractivity contribution is 6.31. The molecule has 0 aliphatic heterocycles. The van der Waals surface area contributed by atoms with Crippen LogP contribution >= 0.6 is 11.6 Å². The topological polar surface area (TPSA) is 71.3 Å². The molecule has 22 heavy (non-hydrogen) atoms. The summed E-state index contributed by atoms with van der Waals surface area (Å²) in [6.45, 7) is 1.70. The summed E-state index contributed by atoms with van der Waals surface area (Å²) in [5.41, 5.74) is -0.210. The Balaban J connectivity index is 1.92. The van der Waals surface area contributed by atoms with E-state index in [9.17, 15) is 14.0 Å². The van der Waals surface area contributed by atoms with Gasteiger partial charge in [-0.3, -0.25) is 9.59 Å². The number of benzene rings is 1. The maximum Gasteiger partial charge on any atom is 0.254 e. The highest BCUT2D eigenvalue weighted by Gasteiger charge is 2.19. The minimum Gasteiger partial charge on any atom is -0.467 e. The van der Waals surface area contributed by atoms with E-state index >= 15 is 0 Å². The number of halogens is 2. The lowest BCUT2D eigenvalue weighted by molar-refractivity contribution is -0.122. The van der Waals surface area contributed by atoms with Crippen molar-refractivity contribution in [3.63, 3.8) is 0 Å². The Morgan fingerprint density at radius 3 is 2.82 bits per heavy atom. The van der Waals surface area contributed by atoms with Crippen molar-refractivity contribution in [2.45, 2.75) is 19.5 Å². The summed E-state index contributed by atoms with van der Waals surface area (Å²) < 4.78 is 18.6. The Labute approximate surface area is 131 Å². The third kappa shape index (κ3) is 4.08. The molecule has 2 N–H and O–H groups in total. The van der Waals surface area contributed by atoms with Crippen LogP contribution in [0.1, 0.15) is 23.0 Å². The quantitative estimate of drug-likeness (QED) is 0.887. The van der Waals surface area contributed by atoms with Crippen LogP contribution in [0.5, 0.6) is 0 Å². The monoisotopic (exact) mass is 324 g/mol. The second kappa shape index (κ2) is 7.09. The first-order valence-electron chi connectivity index (χ1n) is 6.53. The van der Waals surface area contributed by atoms with Crippen molar-refractivity contribution in [2.24, 2.45) is 0 Å². The summed E-state index contributed by atoms with van der Waals surface area (Å²) in [5, 5.41) is 5.25.